The fraction of sp³-hybridized carbons (Fsp3) is 0.158. The topological polar surface area (TPSA) is 82.5 Å². The van der Waals surface area contributed by atoms with Gasteiger partial charge in [0.15, 0.2) is 0 Å². The molecule has 1 aromatic heterocycles. The fourth-order valence-electron chi connectivity index (χ4n) is 2.42. The Morgan fingerprint density at radius 1 is 1.33 bits per heavy atom. The second kappa shape index (κ2) is 8.04. The predicted molar refractivity (Wildman–Crippen MR) is 102 cm³/mol. The molecule has 0 aliphatic carbocycles. The van der Waals surface area contributed by atoms with Crippen LogP contribution in [0.25, 0.3) is 10.4 Å². The molecule has 5 nitrogen and oxygen atoms in total. The molecule has 0 radical (unpaired) electrons. The molecule has 3 rings (SSSR count). The highest BCUT2D eigenvalue weighted by molar-refractivity contribution is 7.15. The maximum Gasteiger partial charge on any atom is 0.254 e. The van der Waals surface area contributed by atoms with Crippen LogP contribution in [0.1, 0.15) is 34.0 Å². The molecule has 8 heteroatoms. The molecule has 0 bridgehead atoms. The molecule has 0 fully saturated rings. The van der Waals surface area contributed by atoms with Crippen LogP contribution in [0.3, 0.4) is 0 Å². The number of nitrogens with one attached hydrogen (secondary N) is 1. The van der Waals surface area contributed by atoms with E-state index in [4.69, 9.17) is 11.6 Å². The quantitative estimate of drug-likeness (QED) is 0.590. The Hall–Kier alpha value is -2.48. The zero-order chi connectivity index (χ0) is 19.6. The molecule has 27 heavy (non-hydrogen) atoms. The summed E-state index contributed by atoms with van der Waals surface area (Å²) in [5, 5.41) is 23.4. The summed E-state index contributed by atoms with van der Waals surface area (Å²) < 4.78 is 14.5. The molecule has 0 saturated carbocycles. The number of aromatic hydroxyl groups is 1. The Morgan fingerprint density at radius 3 is 2.67 bits per heavy atom. The van der Waals surface area contributed by atoms with Gasteiger partial charge >= 0.3 is 0 Å². The van der Waals surface area contributed by atoms with Gasteiger partial charge in [0, 0.05) is 23.3 Å². The molecule has 1 amide bonds. The maximum absolute atomic E-state index is 14.5. The Morgan fingerprint density at radius 2 is 2.04 bits per heavy atom. The monoisotopic (exact) mass is 406 g/mol. The summed E-state index contributed by atoms with van der Waals surface area (Å²) in [5.74, 6) is -1.64. The molecule has 1 heterocycles. The summed E-state index contributed by atoms with van der Waals surface area (Å²) in [6.07, 6.45) is 0.690. The van der Waals surface area contributed by atoms with Gasteiger partial charge < -0.3 is 15.5 Å². The number of hydrogen-bond acceptors (Lipinski definition) is 5. The molecule has 0 aliphatic rings. The lowest BCUT2D eigenvalue weighted by atomic mass is 10.1. The highest BCUT2D eigenvalue weighted by Gasteiger charge is 2.18. The lowest BCUT2D eigenvalue weighted by molar-refractivity contribution is 0.0946. The molecular formula is C19H16ClFN2O3S. The Kier molecular flexibility index (Phi) is 5.74. The van der Waals surface area contributed by atoms with Gasteiger partial charge in [-0.05, 0) is 36.8 Å². The van der Waals surface area contributed by atoms with Crippen LogP contribution in [0.2, 0.25) is 5.02 Å². The van der Waals surface area contributed by atoms with Gasteiger partial charge in [-0.1, -0.05) is 23.7 Å². The van der Waals surface area contributed by atoms with Crippen LogP contribution in [0.15, 0.2) is 42.6 Å². The number of nitrogens with zero attached hydrogens (tertiary/aromatic N) is 1. The van der Waals surface area contributed by atoms with Gasteiger partial charge in [0.25, 0.3) is 5.91 Å². The van der Waals surface area contributed by atoms with Crippen LogP contribution in [-0.2, 0) is 6.54 Å². The van der Waals surface area contributed by atoms with E-state index in [1.807, 2.05) is 0 Å². The van der Waals surface area contributed by atoms with Gasteiger partial charge in [-0.15, -0.1) is 11.3 Å². The minimum atomic E-state index is -0.761. The van der Waals surface area contributed by atoms with E-state index in [-0.39, 0.29) is 23.4 Å². The van der Waals surface area contributed by atoms with Crippen molar-refractivity contribution in [3.63, 3.8) is 0 Å². The van der Waals surface area contributed by atoms with Crippen molar-refractivity contribution in [2.45, 2.75) is 19.6 Å². The van der Waals surface area contributed by atoms with Gasteiger partial charge in [-0.2, -0.15) is 0 Å². The molecule has 0 saturated heterocycles. The Labute approximate surface area is 164 Å². The molecule has 0 spiro atoms. The van der Waals surface area contributed by atoms with E-state index in [0.29, 0.717) is 14.9 Å². The number of phenolic OH excluding ortho intramolecular Hbond substituents is 1. The zero-order valence-corrected chi connectivity index (χ0v) is 15.8. The van der Waals surface area contributed by atoms with Crippen LogP contribution >= 0.6 is 22.9 Å². The summed E-state index contributed by atoms with van der Waals surface area (Å²) in [5.41, 5.74) is 0.765. The number of aromatic nitrogens is 1. The van der Waals surface area contributed by atoms with Crippen molar-refractivity contribution in [1.29, 1.82) is 0 Å². The van der Waals surface area contributed by atoms with Crippen LogP contribution in [0, 0.1) is 5.82 Å². The van der Waals surface area contributed by atoms with E-state index in [1.54, 1.807) is 31.2 Å². The van der Waals surface area contributed by atoms with Gasteiger partial charge in [0.1, 0.15) is 22.7 Å². The molecule has 1 unspecified atom stereocenters. The number of benzene rings is 2. The van der Waals surface area contributed by atoms with Gasteiger partial charge in [0.05, 0.1) is 10.4 Å². The molecule has 140 valence electrons. The second-order valence-corrected chi connectivity index (χ2v) is 7.40. The molecule has 3 N–H and O–H groups in total. The van der Waals surface area contributed by atoms with Crippen molar-refractivity contribution in [3.05, 3.63) is 69.6 Å². The third-order valence-electron chi connectivity index (χ3n) is 3.84. The van der Waals surface area contributed by atoms with Crippen LogP contribution in [0.4, 0.5) is 4.39 Å². The van der Waals surface area contributed by atoms with Crippen LogP contribution in [0.5, 0.6) is 5.75 Å². The molecule has 1 atom stereocenters. The standard InChI is InChI=1S/C19H16ClFN2O3S/c1-10(24)19-23-9-17(27-19)14-6-15(21)13(7-16(14)25)18(26)22-8-11-2-4-12(20)5-3-11/h2-7,9-10,24-25H,8H2,1H3,(H,22,26). The third kappa shape index (κ3) is 4.44. The number of amides is 1. The predicted octanol–water partition coefficient (Wildman–Crippen LogP) is 4.29. The van der Waals surface area contributed by atoms with Crippen molar-refractivity contribution in [2.75, 3.05) is 0 Å². The van der Waals surface area contributed by atoms with Crippen molar-refractivity contribution in [1.82, 2.24) is 10.3 Å². The summed E-state index contributed by atoms with van der Waals surface area (Å²) in [6.45, 7) is 1.77. The van der Waals surface area contributed by atoms with Gasteiger partial charge in [-0.25, -0.2) is 9.37 Å². The normalized spacial score (nSPS) is 12.0. The van der Waals surface area contributed by atoms with Gasteiger partial charge in [0.2, 0.25) is 0 Å². The van der Waals surface area contributed by atoms with E-state index in [2.05, 4.69) is 10.3 Å². The Balaban J connectivity index is 1.79. The van der Waals surface area contributed by atoms with Crippen LogP contribution in [-0.4, -0.2) is 21.1 Å². The second-order valence-electron chi connectivity index (χ2n) is 5.90. The number of phenols is 1. The van der Waals surface area contributed by atoms with Crippen molar-refractivity contribution in [3.8, 4) is 16.2 Å². The fourth-order valence-corrected chi connectivity index (χ4v) is 3.42. The van der Waals surface area contributed by atoms with E-state index < -0.39 is 17.8 Å². The maximum atomic E-state index is 14.5. The number of aliphatic hydroxyl groups excluding tert-OH is 1. The lowest BCUT2D eigenvalue weighted by Gasteiger charge is -2.09. The smallest absolute Gasteiger partial charge is 0.254 e. The molecule has 0 aliphatic heterocycles. The van der Waals surface area contributed by atoms with E-state index >= 15 is 0 Å². The number of hydrogen-bond donors (Lipinski definition) is 3. The summed E-state index contributed by atoms with van der Waals surface area (Å²) >= 11 is 6.95. The third-order valence-corrected chi connectivity index (χ3v) is 5.30. The van der Waals surface area contributed by atoms with Crippen molar-refractivity contribution in [2.24, 2.45) is 0 Å². The minimum Gasteiger partial charge on any atom is -0.507 e. The number of rotatable bonds is 5. The molecular weight excluding hydrogens is 391 g/mol. The first-order chi connectivity index (χ1) is 12.8. The molecule has 3 aromatic rings. The molecule has 2 aromatic carbocycles. The first-order valence-corrected chi connectivity index (χ1v) is 9.24. The highest BCUT2D eigenvalue weighted by atomic mass is 35.5. The van der Waals surface area contributed by atoms with E-state index in [1.165, 1.54) is 6.20 Å². The average Bonchev–Trinajstić information content (AvgIpc) is 3.13. The minimum absolute atomic E-state index is 0.199. The van der Waals surface area contributed by atoms with E-state index in [0.717, 1.165) is 29.0 Å². The van der Waals surface area contributed by atoms with Gasteiger partial charge in [-0.3, -0.25) is 4.79 Å². The van der Waals surface area contributed by atoms with Crippen molar-refractivity contribution < 1.29 is 19.4 Å². The van der Waals surface area contributed by atoms with E-state index in [9.17, 15) is 19.4 Å². The van der Waals surface area contributed by atoms with Crippen LogP contribution < -0.4 is 5.32 Å². The lowest BCUT2D eigenvalue weighted by Crippen LogP contribution is -2.23. The largest absolute Gasteiger partial charge is 0.507 e. The summed E-state index contributed by atoms with van der Waals surface area (Å²) in [7, 11) is 0. The highest BCUT2D eigenvalue weighted by Crippen LogP contribution is 2.36. The first-order valence-electron chi connectivity index (χ1n) is 8.04. The number of carbonyl (C=O) groups excluding carboxylic acids is 1. The zero-order valence-electron chi connectivity index (χ0n) is 14.2. The van der Waals surface area contributed by atoms with Crippen molar-refractivity contribution >= 4 is 28.8 Å². The number of thiazole rings is 1. The summed E-state index contributed by atoms with van der Waals surface area (Å²) in [6, 6.07) is 9.07. The SMILES string of the molecule is CC(O)c1ncc(-c2cc(F)c(C(=O)NCc3ccc(Cl)cc3)cc2O)s1. The number of aliphatic hydroxyl groups is 1. The summed E-state index contributed by atoms with van der Waals surface area (Å²) in [4.78, 5) is 16.8. The first kappa shape index (κ1) is 19.3. The average molecular weight is 407 g/mol. The number of halogens is 2. The Bertz CT molecular complexity index is 974. The number of carbonyl (C=O) groups is 1.